The number of furan rings is 1. The number of carbonyl (C=O) groups is 1. The normalized spacial score (nSPS) is 11.4. The summed E-state index contributed by atoms with van der Waals surface area (Å²) >= 11 is 0. The molecule has 5 nitrogen and oxygen atoms in total. The van der Waals surface area contributed by atoms with E-state index in [1.54, 1.807) is 24.3 Å². The van der Waals surface area contributed by atoms with Gasteiger partial charge in [0, 0.05) is 0 Å². The molecular formula is C13H12O5S. The largest absolute Gasteiger partial charge is 0.478 e. The lowest BCUT2D eigenvalue weighted by molar-refractivity contribution is 0.0696. The van der Waals surface area contributed by atoms with Gasteiger partial charge in [0.15, 0.2) is 9.84 Å². The zero-order valence-electron chi connectivity index (χ0n) is 9.94. The Labute approximate surface area is 110 Å². The molecule has 1 aromatic heterocycles. The van der Waals surface area contributed by atoms with E-state index in [1.165, 1.54) is 6.07 Å². The molecule has 1 aromatic carbocycles. The van der Waals surface area contributed by atoms with Gasteiger partial charge in [-0.2, -0.15) is 0 Å². The number of aromatic carboxylic acids is 1. The fourth-order valence-electron chi connectivity index (χ4n) is 1.66. The number of carboxylic acids is 1. The van der Waals surface area contributed by atoms with Crippen LogP contribution in [0.1, 0.15) is 21.7 Å². The molecule has 0 bridgehead atoms. The predicted molar refractivity (Wildman–Crippen MR) is 68.4 cm³/mol. The highest BCUT2D eigenvalue weighted by atomic mass is 32.2. The van der Waals surface area contributed by atoms with E-state index >= 15 is 0 Å². The zero-order valence-corrected chi connectivity index (χ0v) is 10.8. The van der Waals surface area contributed by atoms with Gasteiger partial charge < -0.3 is 9.52 Å². The van der Waals surface area contributed by atoms with Crippen molar-refractivity contribution in [2.24, 2.45) is 0 Å². The molecule has 0 amide bonds. The second-order valence-corrected chi connectivity index (χ2v) is 6.19. The van der Waals surface area contributed by atoms with Crippen molar-refractivity contribution in [2.45, 2.75) is 11.5 Å². The summed E-state index contributed by atoms with van der Waals surface area (Å²) in [7, 11) is -3.39. The first-order chi connectivity index (χ1) is 8.96. The standard InChI is InChI=1S/C13H12O5S/c14-13(15)11-6-12(18-7-11)9-19(16,17)8-10-4-2-1-3-5-10/h1-7H,8-9H2,(H,14,15). The molecule has 2 rings (SSSR count). The molecule has 0 aliphatic rings. The number of carboxylic acid groups (broad SMARTS) is 1. The Morgan fingerprint density at radius 3 is 2.42 bits per heavy atom. The maximum absolute atomic E-state index is 11.9. The minimum Gasteiger partial charge on any atom is -0.478 e. The van der Waals surface area contributed by atoms with Gasteiger partial charge in [0.25, 0.3) is 0 Å². The summed E-state index contributed by atoms with van der Waals surface area (Å²) in [5.41, 5.74) is 0.637. The van der Waals surface area contributed by atoms with Crippen LogP contribution in [0.4, 0.5) is 0 Å². The van der Waals surface area contributed by atoms with Gasteiger partial charge in [0.2, 0.25) is 0 Å². The number of hydrogen-bond acceptors (Lipinski definition) is 4. The molecule has 1 N–H and O–H groups in total. The Hall–Kier alpha value is -2.08. The van der Waals surface area contributed by atoms with Crippen LogP contribution >= 0.6 is 0 Å². The predicted octanol–water partition coefficient (Wildman–Crippen LogP) is 2.09. The van der Waals surface area contributed by atoms with Gasteiger partial charge in [0.1, 0.15) is 17.8 Å². The highest BCUT2D eigenvalue weighted by Gasteiger charge is 2.17. The van der Waals surface area contributed by atoms with Crippen LogP contribution < -0.4 is 0 Å². The monoisotopic (exact) mass is 280 g/mol. The Kier molecular flexibility index (Phi) is 3.71. The molecule has 19 heavy (non-hydrogen) atoms. The molecule has 0 saturated heterocycles. The first-order valence-corrected chi connectivity index (χ1v) is 7.33. The van der Waals surface area contributed by atoms with Gasteiger partial charge in [-0.1, -0.05) is 30.3 Å². The van der Waals surface area contributed by atoms with Crippen molar-refractivity contribution in [1.82, 2.24) is 0 Å². The molecule has 0 fully saturated rings. The minimum absolute atomic E-state index is 0.0510. The lowest BCUT2D eigenvalue weighted by Gasteiger charge is -2.02. The van der Waals surface area contributed by atoms with Crippen molar-refractivity contribution >= 4 is 15.8 Å². The molecule has 2 aromatic rings. The number of benzene rings is 1. The van der Waals surface area contributed by atoms with Crippen LogP contribution in [0.2, 0.25) is 0 Å². The van der Waals surface area contributed by atoms with Crippen LogP contribution in [0.3, 0.4) is 0 Å². The van der Waals surface area contributed by atoms with Crippen molar-refractivity contribution in [3.8, 4) is 0 Å². The summed E-state index contributed by atoms with van der Waals surface area (Å²) in [5.74, 6) is -1.42. The Balaban J connectivity index is 2.10. The maximum Gasteiger partial charge on any atom is 0.338 e. The summed E-state index contributed by atoms with van der Waals surface area (Å²) in [6.07, 6.45) is 1.04. The van der Waals surface area contributed by atoms with E-state index in [1.807, 2.05) is 6.07 Å². The van der Waals surface area contributed by atoms with Gasteiger partial charge in [-0.25, -0.2) is 13.2 Å². The summed E-state index contributed by atoms with van der Waals surface area (Å²) < 4.78 is 28.8. The van der Waals surface area contributed by atoms with Gasteiger partial charge in [-0.05, 0) is 11.6 Å². The lowest BCUT2D eigenvalue weighted by Crippen LogP contribution is -2.07. The van der Waals surface area contributed by atoms with Crippen molar-refractivity contribution in [3.05, 3.63) is 59.5 Å². The van der Waals surface area contributed by atoms with Gasteiger partial charge >= 0.3 is 5.97 Å². The topological polar surface area (TPSA) is 84.6 Å². The van der Waals surface area contributed by atoms with E-state index < -0.39 is 15.8 Å². The van der Waals surface area contributed by atoms with Crippen LogP contribution in [-0.4, -0.2) is 19.5 Å². The van der Waals surface area contributed by atoms with E-state index in [0.717, 1.165) is 6.26 Å². The molecule has 0 radical (unpaired) electrons. The van der Waals surface area contributed by atoms with Crippen LogP contribution in [0.5, 0.6) is 0 Å². The molecule has 6 heteroatoms. The van der Waals surface area contributed by atoms with Crippen molar-refractivity contribution in [2.75, 3.05) is 0 Å². The fraction of sp³-hybridized carbons (Fsp3) is 0.154. The van der Waals surface area contributed by atoms with E-state index in [4.69, 9.17) is 9.52 Å². The average molecular weight is 280 g/mol. The summed E-state index contributed by atoms with van der Waals surface area (Å²) in [6, 6.07) is 10.0. The summed E-state index contributed by atoms with van der Waals surface area (Å²) in [6.45, 7) is 0. The molecular weight excluding hydrogens is 268 g/mol. The van der Waals surface area contributed by atoms with Crippen molar-refractivity contribution in [1.29, 1.82) is 0 Å². The first kappa shape index (κ1) is 13.4. The quantitative estimate of drug-likeness (QED) is 0.906. The molecule has 0 saturated carbocycles. The molecule has 100 valence electrons. The van der Waals surface area contributed by atoms with E-state index in [9.17, 15) is 13.2 Å². The SMILES string of the molecule is O=C(O)c1coc(CS(=O)(=O)Cc2ccccc2)c1. The second-order valence-electron chi connectivity index (χ2n) is 4.12. The van der Waals surface area contributed by atoms with Crippen molar-refractivity contribution in [3.63, 3.8) is 0 Å². The smallest absolute Gasteiger partial charge is 0.338 e. The van der Waals surface area contributed by atoms with Crippen molar-refractivity contribution < 1.29 is 22.7 Å². The Bertz CT molecular complexity index is 670. The van der Waals surface area contributed by atoms with Gasteiger partial charge in [-0.3, -0.25) is 0 Å². The van der Waals surface area contributed by atoms with E-state index in [-0.39, 0.29) is 22.8 Å². The molecule has 0 aliphatic heterocycles. The molecule has 0 aliphatic carbocycles. The zero-order chi connectivity index (χ0) is 13.9. The van der Waals surface area contributed by atoms with Gasteiger partial charge in [-0.15, -0.1) is 0 Å². The fourth-order valence-corrected chi connectivity index (χ4v) is 3.05. The molecule has 0 atom stereocenters. The van der Waals surface area contributed by atoms with Crippen LogP contribution in [0, 0.1) is 0 Å². The average Bonchev–Trinajstić information content (AvgIpc) is 2.77. The third-order valence-corrected chi connectivity index (χ3v) is 3.99. The first-order valence-electron chi connectivity index (χ1n) is 5.51. The van der Waals surface area contributed by atoms with Crippen LogP contribution in [0.15, 0.2) is 47.1 Å². The Morgan fingerprint density at radius 1 is 1.16 bits per heavy atom. The number of sulfone groups is 1. The molecule has 0 unspecified atom stereocenters. The molecule has 0 spiro atoms. The van der Waals surface area contributed by atoms with Gasteiger partial charge in [0.05, 0.1) is 11.3 Å². The minimum atomic E-state index is -3.39. The second kappa shape index (κ2) is 5.27. The van der Waals surface area contributed by atoms with E-state index in [2.05, 4.69) is 0 Å². The maximum atomic E-state index is 11.9. The third kappa shape index (κ3) is 3.69. The van der Waals surface area contributed by atoms with Crippen LogP contribution in [0.25, 0.3) is 0 Å². The summed E-state index contributed by atoms with van der Waals surface area (Å²) in [4.78, 5) is 10.7. The Morgan fingerprint density at radius 2 is 1.84 bits per heavy atom. The molecule has 1 heterocycles. The highest BCUT2D eigenvalue weighted by Crippen LogP contribution is 2.15. The lowest BCUT2D eigenvalue weighted by atomic mass is 10.2. The van der Waals surface area contributed by atoms with E-state index in [0.29, 0.717) is 5.56 Å². The number of hydrogen-bond donors (Lipinski definition) is 1. The third-order valence-electron chi connectivity index (χ3n) is 2.49. The summed E-state index contributed by atoms with van der Waals surface area (Å²) in [5, 5.41) is 8.72. The van der Waals surface area contributed by atoms with Crippen LogP contribution in [-0.2, 0) is 21.3 Å². The number of rotatable bonds is 5. The highest BCUT2D eigenvalue weighted by molar-refractivity contribution is 7.89.